The Morgan fingerprint density at radius 1 is 1.32 bits per heavy atom. The summed E-state index contributed by atoms with van der Waals surface area (Å²) in [5.74, 6) is -1.14. The number of anilines is 1. The van der Waals surface area contributed by atoms with E-state index in [1.165, 1.54) is 12.1 Å². The molecule has 2 aromatic carbocycles. The molecule has 1 fully saturated rings. The first kappa shape index (κ1) is 23.7. The highest BCUT2D eigenvalue weighted by Gasteiger charge is 2.29. The lowest BCUT2D eigenvalue weighted by molar-refractivity contribution is -0.126. The van der Waals surface area contributed by atoms with Crippen LogP contribution in [-0.4, -0.2) is 47.0 Å². The molecule has 34 heavy (non-hydrogen) atoms. The first-order chi connectivity index (χ1) is 16.3. The van der Waals surface area contributed by atoms with Crippen LogP contribution < -0.4 is 11.1 Å². The van der Waals surface area contributed by atoms with E-state index in [2.05, 4.69) is 10.3 Å². The number of nitrogens with two attached hydrogens (primary N) is 1. The Hall–Kier alpha value is -3.49. The fraction of sp³-hybridized carbons (Fsp3) is 0.240. The van der Waals surface area contributed by atoms with Gasteiger partial charge in [-0.3, -0.25) is 9.59 Å². The lowest BCUT2D eigenvalue weighted by Gasteiger charge is -2.18. The number of aliphatic hydroxyl groups is 1. The fourth-order valence-corrected chi connectivity index (χ4v) is 4.29. The summed E-state index contributed by atoms with van der Waals surface area (Å²) in [6.07, 6.45) is 2.02. The normalized spacial score (nSPS) is 16.5. The number of hydrogen-bond acceptors (Lipinski definition) is 5. The third-order valence-corrected chi connectivity index (χ3v) is 6.25. The number of nitrogen functional groups attached to an aromatic ring is 1. The number of halogens is 2. The van der Waals surface area contributed by atoms with Crippen LogP contribution in [0.3, 0.4) is 0 Å². The molecular formula is C25H24ClFN4O3. The Bertz CT molecular complexity index is 1250. The predicted octanol–water partition coefficient (Wildman–Crippen LogP) is 3.53. The molecular weight excluding hydrogens is 459 g/mol. The van der Waals surface area contributed by atoms with Crippen LogP contribution in [0.4, 0.5) is 10.2 Å². The van der Waals surface area contributed by atoms with Gasteiger partial charge in [0.15, 0.2) is 0 Å². The van der Waals surface area contributed by atoms with Crippen molar-refractivity contribution in [3.63, 3.8) is 0 Å². The van der Waals surface area contributed by atoms with Gasteiger partial charge in [0.1, 0.15) is 11.6 Å². The van der Waals surface area contributed by atoms with E-state index in [-0.39, 0.29) is 29.8 Å². The van der Waals surface area contributed by atoms with Gasteiger partial charge in [0.05, 0.1) is 18.2 Å². The Balaban J connectivity index is 1.57. The van der Waals surface area contributed by atoms with Crippen molar-refractivity contribution in [1.29, 1.82) is 0 Å². The number of nitrogens with zero attached hydrogens (tertiary/aromatic N) is 2. The van der Waals surface area contributed by atoms with Gasteiger partial charge in [-0.1, -0.05) is 29.8 Å². The van der Waals surface area contributed by atoms with Gasteiger partial charge in [-0.05, 0) is 47.0 Å². The molecule has 2 atom stereocenters. The summed E-state index contributed by atoms with van der Waals surface area (Å²) in [6, 6.07) is 12.0. The van der Waals surface area contributed by atoms with Crippen LogP contribution in [0, 0.1) is 5.82 Å². The maximum atomic E-state index is 15.0. The summed E-state index contributed by atoms with van der Waals surface area (Å²) in [7, 11) is 1.75. The molecule has 2 heterocycles. The maximum absolute atomic E-state index is 15.0. The van der Waals surface area contributed by atoms with Crippen molar-refractivity contribution in [2.75, 3.05) is 25.9 Å². The third kappa shape index (κ3) is 4.88. The molecule has 4 rings (SSSR count). The molecule has 1 unspecified atom stereocenters. The van der Waals surface area contributed by atoms with Crippen molar-refractivity contribution in [2.24, 2.45) is 0 Å². The van der Waals surface area contributed by atoms with Crippen LogP contribution in [0.25, 0.3) is 11.1 Å². The lowest BCUT2D eigenvalue weighted by atomic mass is 9.95. The molecule has 0 bridgehead atoms. The van der Waals surface area contributed by atoms with Crippen molar-refractivity contribution in [1.82, 2.24) is 15.2 Å². The molecule has 0 spiro atoms. The van der Waals surface area contributed by atoms with Crippen LogP contribution in [0.15, 0.2) is 54.7 Å². The molecule has 1 saturated heterocycles. The zero-order valence-corrected chi connectivity index (χ0v) is 19.2. The second-order valence-electron chi connectivity index (χ2n) is 8.34. The van der Waals surface area contributed by atoms with Crippen LogP contribution in [0.1, 0.15) is 39.9 Å². The number of benzene rings is 2. The molecule has 1 aliphatic rings. The van der Waals surface area contributed by atoms with Crippen molar-refractivity contribution < 1.29 is 19.1 Å². The number of aromatic nitrogens is 1. The molecule has 0 aliphatic carbocycles. The van der Waals surface area contributed by atoms with E-state index < -0.39 is 17.8 Å². The zero-order valence-electron chi connectivity index (χ0n) is 18.5. The number of carbonyl (C=O) groups is 2. The van der Waals surface area contributed by atoms with Gasteiger partial charge < -0.3 is 21.1 Å². The van der Waals surface area contributed by atoms with E-state index in [4.69, 9.17) is 17.3 Å². The minimum absolute atomic E-state index is 0.0128. The summed E-state index contributed by atoms with van der Waals surface area (Å²) in [5, 5.41) is 12.8. The predicted molar refractivity (Wildman–Crippen MR) is 128 cm³/mol. The average molecular weight is 483 g/mol. The van der Waals surface area contributed by atoms with E-state index in [0.717, 1.165) is 5.56 Å². The molecule has 1 aliphatic heterocycles. The van der Waals surface area contributed by atoms with Gasteiger partial charge in [0, 0.05) is 42.7 Å². The Morgan fingerprint density at radius 3 is 2.76 bits per heavy atom. The number of aliphatic hydroxyl groups excluding tert-OH is 1. The van der Waals surface area contributed by atoms with Gasteiger partial charge in [-0.25, -0.2) is 9.37 Å². The number of likely N-dealkylation sites (N-methyl/N-ethyl adjacent to an activating group) is 1. The highest BCUT2D eigenvalue weighted by molar-refractivity contribution is 6.30. The quantitative estimate of drug-likeness (QED) is 0.498. The minimum atomic E-state index is -0.742. The van der Waals surface area contributed by atoms with Crippen LogP contribution in [0.2, 0.25) is 5.02 Å². The number of carbonyl (C=O) groups excluding carboxylic acids is 2. The molecule has 0 radical (unpaired) electrons. The highest BCUT2D eigenvalue weighted by Crippen LogP contribution is 2.33. The summed E-state index contributed by atoms with van der Waals surface area (Å²) in [4.78, 5) is 30.5. The third-order valence-electron chi connectivity index (χ3n) is 6.02. The first-order valence-corrected chi connectivity index (χ1v) is 11.1. The van der Waals surface area contributed by atoms with Crippen molar-refractivity contribution in [3.05, 3.63) is 82.3 Å². The SMILES string of the molecule is CN1CC(c2cnc(N)c(-c3ccc(C(=O)N[C@H](CO)c4cccc(Cl)c4)c(F)c3)c2)CC1=O. The van der Waals surface area contributed by atoms with Gasteiger partial charge in [-0.2, -0.15) is 0 Å². The van der Waals surface area contributed by atoms with E-state index in [1.807, 2.05) is 6.07 Å². The largest absolute Gasteiger partial charge is 0.394 e. The number of amides is 2. The van der Waals surface area contributed by atoms with Crippen LogP contribution in [0.5, 0.6) is 0 Å². The highest BCUT2D eigenvalue weighted by atomic mass is 35.5. The zero-order chi connectivity index (χ0) is 24.4. The maximum Gasteiger partial charge on any atom is 0.254 e. The van der Waals surface area contributed by atoms with E-state index >= 15 is 0 Å². The van der Waals surface area contributed by atoms with Gasteiger partial charge >= 0.3 is 0 Å². The van der Waals surface area contributed by atoms with Gasteiger partial charge in [0.25, 0.3) is 5.91 Å². The smallest absolute Gasteiger partial charge is 0.254 e. The van der Waals surface area contributed by atoms with Crippen molar-refractivity contribution in [3.8, 4) is 11.1 Å². The first-order valence-electron chi connectivity index (χ1n) is 10.7. The van der Waals surface area contributed by atoms with E-state index in [9.17, 15) is 19.1 Å². The molecule has 3 aromatic rings. The standard InChI is InChI=1S/C25H24ClFN4O3/c1-31-12-17(10-23(31)33)16-8-20(24(28)29-11-16)14-5-6-19(21(27)9-14)25(34)30-22(13-32)15-3-2-4-18(26)7-15/h2-9,11,17,22,32H,10,12-13H2,1H3,(H2,28,29)(H,30,34)/t17?,22-/m1/s1. The van der Waals surface area contributed by atoms with Crippen LogP contribution in [-0.2, 0) is 4.79 Å². The summed E-state index contributed by atoms with van der Waals surface area (Å²) in [6.45, 7) is 0.204. The van der Waals surface area contributed by atoms with E-state index in [1.54, 1.807) is 48.5 Å². The Labute approximate surface area is 201 Å². The topological polar surface area (TPSA) is 109 Å². The number of pyridine rings is 1. The number of rotatable bonds is 6. The summed E-state index contributed by atoms with van der Waals surface area (Å²) >= 11 is 5.99. The van der Waals surface area contributed by atoms with Gasteiger partial charge in [-0.15, -0.1) is 0 Å². The number of hydrogen-bond donors (Lipinski definition) is 3. The molecule has 0 saturated carbocycles. The molecule has 4 N–H and O–H groups in total. The van der Waals surface area contributed by atoms with E-state index in [0.29, 0.717) is 34.7 Å². The van der Waals surface area contributed by atoms with Crippen molar-refractivity contribution in [2.45, 2.75) is 18.4 Å². The molecule has 9 heteroatoms. The Morgan fingerprint density at radius 2 is 2.12 bits per heavy atom. The average Bonchev–Trinajstić information content (AvgIpc) is 3.15. The number of likely N-dealkylation sites (tertiary alicyclic amines) is 1. The monoisotopic (exact) mass is 482 g/mol. The molecule has 176 valence electrons. The van der Waals surface area contributed by atoms with Crippen molar-refractivity contribution >= 4 is 29.2 Å². The fourth-order valence-electron chi connectivity index (χ4n) is 4.09. The molecule has 2 amide bonds. The number of nitrogens with one attached hydrogen (secondary N) is 1. The summed E-state index contributed by atoms with van der Waals surface area (Å²) < 4.78 is 15.0. The lowest BCUT2D eigenvalue weighted by Crippen LogP contribution is -2.31. The second-order valence-corrected chi connectivity index (χ2v) is 8.77. The minimum Gasteiger partial charge on any atom is -0.394 e. The summed E-state index contributed by atoms with van der Waals surface area (Å²) in [5.41, 5.74) is 8.32. The van der Waals surface area contributed by atoms with Gasteiger partial charge in [0.2, 0.25) is 5.91 Å². The second kappa shape index (κ2) is 9.79. The van der Waals surface area contributed by atoms with Crippen LogP contribution >= 0.6 is 11.6 Å². The molecule has 7 nitrogen and oxygen atoms in total. The molecule has 1 aromatic heterocycles. The Kier molecular flexibility index (Phi) is 6.81.